The maximum absolute atomic E-state index is 4.58. The molecule has 0 aliphatic heterocycles. The Morgan fingerprint density at radius 3 is 2.84 bits per heavy atom. The van der Waals surface area contributed by atoms with Crippen LogP contribution in [0.4, 0.5) is 5.69 Å². The van der Waals surface area contributed by atoms with Gasteiger partial charge in [-0.1, -0.05) is 22.9 Å². The molecule has 2 rings (SSSR count). The van der Waals surface area contributed by atoms with Crippen molar-refractivity contribution in [3.05, 3.63) is 45.1 Å². The van der Waals surface area contributed by atoms with Crippen molar-refractivity contribution in [3.63, 3.8) is 0 Å². The number of hydrogen-bond acceptors (Lipinski definition) is 2. The molecule has 0 aliphatic carbocycles. The van der Waals surface area contributed by atoms with Gasteiger partial charge in [0.05, 0.1) is 12.2 Å². The summed E-state index contributed by atoms with van der Waals surface area (Å²) in [6.45, 7) is 5.07. The SMILES string of the molecule is CCC(C)n1ccc(CNc2cc(Br)ccc2Br)n1. The van der Waals surface area contributed by atoms with Crippen molar-refractivity contribution in [2.75, 3.05) is 5.32 Å². The highest BCUT2D eigenvalue weighted by molar-refractivity contribution is 9.11. The maximum Gasteiger partial charge on any atom is 0.0815 e. The minimum Gasteiger partial charge on any atom is -0.378 e. The first-order valence-corrected chi connectivity index (χ1v) is 7.91. The predicted molar refractivity (Wildman–Crippen MR) is 86.4 cm³/mol. The Balaban J connectivity index is 2.02. The monoisotopic (exact) mass is 385 g/mol. The van der Waals surface area contributed by atoms with Gasteiger partial charge in [0.25, 0.3) is 0 Å². The zero-order valence-corrected chi connectivity index (χ0v) is 14.2. The van der Waals surface area contributed by atoms with Gasteiger partial charge >= 0.3 is 0 Å². The van der Waals surface area contributed by atoms with Crippen LogP contribution in [-0.4, -0.2) is 9.78 Å². The Hall–Kier alpha value is -0.810. The molecule has 1 N–H and O–H groups in total. The first kappa shape index (κ1) is 14.6. The molecule has 1 aromatic carbocycles. The second-order valence-corrected chi connectivity index (χ2v) is 6.29. The molecule has 1 unspecified atom stereocenters. The number of anilines is 1. The second-order valence-electron chi connectivity index (χ2n) is 4.52. The molecular formula is C14H17Br2N3. The van der Waals surface area contributed by atoms with E-state index in [1.165, 1.54) is 0 Å². The number of halogens is 2. The van der Waals surface area contributed by atoms with E-state index in [2.05, 4.69) is 68.3 Å². The summed E-state index contributed by atoms with van der Waals surface area (Å²) in [4.78, 5) is 0. The summed E-state index contributed by atoms with van der Waals surface area (Å²) in [5, 5.41) is 7.96. The number of rotatable bonds is 5. The fourth-order valence-electron chi connectivity index (χ4n) is 1.72. The lowest BCUT2D eigenvalue weighted by Crippen LogP contribution is -2.06. The zero-order valence-electron chi connectivity index (χ0n) is 11.0. The van der Waals surface area contributed by atoms with Crippen LogP contribution in [0.15, 0.2) is 39.4 Å². The first-order chi connectivity index (χ1) is 9.10. The molecule has 0 bridgehead atoms. The topological polar surface area (TPSA) is 29.9 Å². The highest BCUT2D eigenvalue weighted by atomic mass is 79.9. The summed E-state index contributed by atoms with van der Waals surface area (Å²) < 4.78 is 4.13. The van der Waals surface area contributed by atoms with E-state index >= 15 is 0 Å². The van der Waals surface area contributed by atoms with Crippen molar-refractivity contribution in [1.82, 2.24) is 9.78 Å². The van der Waals surface area contributed by atoms with Crippen LogP contribution >= 0.6 is 31.9 Å². The molecule has 19 heavy (non-hydrogen) atoms. The lowest BCUT2D eigenvalue weighted by atomic mass is 10.3. The van der Waals surface area contributed by atoms with E-state index < -0.39 is 0 Å². The molecular weight excluding hydrogens is 370 g/mol. The molecule has 1 aromatic heterocycles. The Kier molecular flexibility index (Phi) is 5.05. The minimum atomic E-state index is 0.450. The number of aromatic nitrogens is 2. The summed E-state index contributed by atoms with van der Waals surface area (Å²) in [6.07, 6.45) is 3.13. The van der Waals surface area contributed by atoms with Crippen molar-refractivity contribution in [2.45, 2.75) is 32.9 Å². The van der Waals surface area contributed by atoms with Crippen molar-refractivity contribution < 1.29 is 0 Å². The highest BCUT2D eigenvalue weighted by Gasteiger charge is 2.05. The normalized spacial score (nSPS) is 12.4. The van der Waals surface area contributed by atoms with E-state index in [0.717, 1.165) is 33.3 Å². The smallest absolute Gasteiger partial charge is 0.0815 e. The van der Waals surface area contributed by atoms with Gasteiger partial charge in [-0.2, -0.15) is 5.10 Å². The molecule has 102 valence electrons. The highest BCUT2D eigenvalue weighted by Crippen LogP contribution is 2.26. The third kappa shape index (κ3) is 3.83. The largest absolute Gasteiger partial charge is 0.378 e. The molecule has 5 heteroatoms. The molecule has 1 heterocycles. The van der Waals surface area contributed by atoms with Crippen LogP contribution in [0, 0.1) is 0 Å². The van der Waals surface area contributed by atoms with Gasteiger partial charge < -0.3 is 5.32 Å². The van der Waals surface area contributed by atoms with E-state index in [4.69, 9.17) is 0 Å². The molecule has 0 saturated carbocycles. The lowest BCUT2D eigenvalue weighted by molar-refractivity contribution is 0.474. The molecule has 1 atom stereocenters. The summed E-state index contributed by atoms with van der Waals surface area (Å²) in [5.74, 6) is 0. The van der Waals surface area contributed by atoms with Crippen molar-refractivity contribution in [3.8, 4) is 0 Å². The molecule has 0 saturated heterocycles. The standard InChI is InChI=1S/C14H17Br2N3/c1-3-10(2)19-7-6-12(18-19)9-17-14-8-11(15)4-5-13(14)16/h4-8,10,17H,3,9H2,1-2H3. The maximum atomic E-state index is 4.58. The quantitative estimate of drug-likeness (QED) is 0.784. The molecule has 3 nitrogen and oxygen atoms in total. The van der Waals surface area contributed by atoms with Gasteiger partial charge in [0, 0.05) is 26.9 Å². The third-order valence-corrected chi connectivity index (χ3v) is 4.28. The van der Waals surface area contributed by atoms with Crippen molar-refractivity contribution >= 4 is 37.5 Å². The number of nitrogens with one attached hydrogen (secondary N) is 1. The molecule has 0 radical (unpaired) electrons. The van der Waals surface area contributed by atoms with Crippen LogP contribution < -0.4 is 5.32 Å². The van der Waals surface area contributed by atoms with Gasteiger partial charge in [-0.25, -0.2) is 0 Å². The van der Waals surface area contributed by atoms with Gasteiger partial charge in [-0.05, 0) is 53.5 Å². The minimum absolute atomic E-state index is 0.450. The first-order valence-electron chi connectivity index (χ1n) is 6.33. The van der Waals surface area contributed by atoms with Crippen LogP contribution in [0.2, 0.25) is 0 Å². The van der Waals surface area contributed by atoms with E-state index in [9.17, 15) is 0 Å². The molecule has 0 fully saturated rings. The number of benzene rings is 1. The lowest BCUT2D eigenvalue weighted by Gasteiger charge is -2.09. The van der Waals surface area contributed by atoms with Crippen molar-refractivity contribution in [1.29, 1.82) is 0 Å². The van der Waals surface area contributed by atoms with Crippen LogP contribution in [0.3, 0.4) is 0 Å². The fourth-order valence-corrected chi connectivity index (χ4v) is 2.47. The van der Waals surface area contributed by atoms with E-state index in [1.54, 1.807) is 0 Å². The summed E-state index contributed by atoms with van der Waals surface area (Å²) >= 11 is 7.01. The molecule has 2 aromatic rings. The summed E-state index contributed by atoms with van der Waals surface area (Å²) in [6, 6.07) is 8.59. The van der Waals surface area contributed by atoms with Crippen LogP contribution in [0.5, 0.6) is 0 Å². The molecule has 0 spiro atoms. The van der Waals surface area contributed by atoms with Gasteiger partial charge in [0.2, 0.25) is 0 Å². The predicted octanol–water partition coefficient (Wildman–Crippen LogP) is 4.99. The average molecular weight is 387 g/mol. The molecule has 0 aliphatic rings. The summed E-state index contributed by atoms with van der Waals surface area (Å²) in [5.41, 5.74) is 2.11. The van der Waals surface area contributed by atoms with E-state index in [0.29, 0.717) is 6.04 Å². The fraction of sp³-hybridized carbons (Fsp3) is 0.357. The Morgan fingerprint density at radius 1 is 1.32 bits per heavy atom. The van der Waals surface area contributed by atoms with Gasteiger partial charge in [0.1, 0.15) is 0 Å². The zero-order chi connectivity index (χ0) is 13.8. The van der Waals surface area contributed by atoms with Crippen LogP contribution in [-0.2, 0) is 6.54 Å². The van der Waals surface area contributed by atoms with Crippen molar-refractivity contribution in [2.24, 2.45) is 0 Å². The Morgan fingerprint density at radius 2 is 2.11 bits per heavy atom. The number of nitrogens with zero attached hydrogens (tertiary/aromatic N) is 2. The molecule has 0 amide bonds. The average Bonchev–Trinajstić information content (AvgIpc) is 2.88. The van der Waals surface area contributed by atoms with Crippen LogP contribution in [0.25, 0.3) is 0 Å². The van der Waals surface area contributed by atoms with E-state index in [-0.39, 0.29) is 0 Å². The second kappa shape index (κ2) is 6.57. The van der Waals surface area contributed by atoms with Gasteiger partial charge in [0.15, 0.2) is 0 Å². The Labute approximate surface area is 130 Å². The van der Waals surface area contributed by atoms with Crippen LogP contribution in [0.1, 0.15) is 32.0 Å². The third-order valence-electron chi connectivity index (χ3n) is 3.09. The number of hydrogen-bond donors (Lipinski definition) is 1. The van der Waals surface area contributed by atoms with Gasteiger partial charge in [-0.15, -0.1) is 0 Å². The Bertz CT molecular complexity index is 551. The van der Waals surface area contributed by atoms with E-state index in [1.807, 2.05) is 23.0 Å². The van der Waals surface area contributed by atoms with Gasteiger partial charge in [-0.3, -0.25) is 4.68 Å². The summed E-state index contributed by atoms with van der Waals surface area (Å²) in [7, 11) is 0.